The van der Waals surface area contributed by atoms with E-state index in [4.69, 9.17) is 4.74 Å². The molecule has 0 aliphatic heterocycles. The third-order valence-electron chi connectivity index (χ3n) is 6.35. The zero-order chi connectivity index (χ0) is 28.4. The van der Waals surface area contributed by atoms with E-state index in [1.165, 1.54) is 40.4 Å². The predicted octanol–water partition coefficient (Wildman–Crippen LogP) is 1.03. The number of carbonyl (C=O) groups is 2. The van der Waals surface area contributed by atoms with Gasteiger partial charge in [-0.15, -0.1) is 5.10 Å². The number of ether oxygens (including phenoxy) is 1. The highest BCUT2D eigenvalue weighted by molar-refractivity contribution is 5.90. The number of anilines is 1. The number of hydrogen-bond acceptors (Lipinski definition) is 9. The first-order valence-electron chi connectivity index (χ1n) is 12.2. The van der Waals surface area contributed by atoms with Gasteiger partial charge in [-0.2, -0.15) is 0 Å². The van der Waals surface area contributed by atoms with Crippen LogP contribution in [0.2, 0.25) is 0 Å². The summed E-state index contributed by atoms with van der Waals surface area (Å²) < 4.78 is 10.2. The van der Waals surface area contributed by atoms with E-state index in [0.29, 0.717) is 11.4 Å². The molecule has 1 unspecified atom stereocenters. The molecule has 0 bridgehead atoms. The largest absolute Gasteiger partial charge is 0.458 e. The fraction of sp³-hybridized carbons (Fsp3) is 0.231. The molecule has 5 aromatic rings. The number of imidazole rings is 1. The molecule has 0 fully saturated rings. The average Bonchev–Trinajstić information content (AvgIpc) is 3.61. The van der Waals surface area contributed by atoms with E-state index in [1.807, 2.05) is 24.3 Å². The molecular formula is C26H25N9O5. The summed E-state index contributed by atoms with van der Waals surface area (Å²) in [7, 11) is 2.85. The van der Waals surface area contributed by atoms with Gasteiger partial charge in [0, 0.05) is 32.2 Å². The number of carbonyl (C=O) groups excluding carboxylic acids is 2. The van der Waals surface area contributed by atoms with Gasteiger partial charge in [-0.05, 0) is 36.2 Å². The first-order chi connectivity index (χ1) is 19.2. The van der Waals surface area contributed by atoms with Crippen LogP contribution in [0.15, 0.2) is 70.9 Å². The van der Waals surface area contributed by atoms with Crippen molar-refractivity contribution >= 4 is 28.7 Å². The van der Waals surface area contributed by atoms with Crippen molar-refractivity contribution in [1.82, 2.24) is 38.7 Å². The number of amides is 1. The predicted molar refractivity (Wildman–Crippen MR) is 143 cm³/mol. The summed E-state index contributed by atoms with van der Waals surface area (Å²) in [5.74, 6) is -0.948. The minimum atomic E-state index is -0.902. The smallest absolute Gasteiger partial charge is 0.332 e. The van der Waals surface area contributed by atoms with Crippen molar-refractivity contribution < 1.29 is 14.3 Å². The fourth-order valence-corrected chi connectivity index (χ4v) is 4.15. The molecule has 1 N–H and O–H groups in total. The molecule has 204 valence electrons. The Morgan fingerprint density at radius 2 is 1.82 bits per heavy atom. The molecule has 0 spiro atoms. The van der Waals surface area contributed by atoms with Gasteiger partial charge in [-0.25, -0.2) is 19.3 Å². The third-order valence-corrected chi connectivity index (χ3v) is 6.35. The van der Waals surface area contributed by atoms with Crippen LogP contribution in [0.1, 0.15) is 18.7 Å². The Balaban J connectivity index is 1.17. The van der Waals surface area contributed by atoms with Crippen LogP contribution in [0, 0.1) is 0 Å². The minimum Gasteiger partial charge on any atom is -0.458 e. The van der Waals surface area contributed by atoms with Crippen LogP contribution in [-0.2, 0) is 41.6 Å². The second-order valence-corrected chi connectivity index (χ2v) is 9.09. The molecular weight excluding hydrogens is 518 g/mol. The van der Waals surface area contributed by atoms with Crippen LogP contribution in [0.25, 0.3) is 22.3 Å². The molecule has 0 saturated carbocycles. The van der Waals surface area contributed by atoms with Crippen LogP contribution >= 0.6 is 0 Å². The van der Waals surface area contributed by atoms with Crippen molar-refractivity contribution in [3.63, 3.8) is 0 Å². The lowest BCUT2D eigenvalue weighted by Gasteiger charge is -2.13. The molecule has 0 radical (unpaired) electrons. The summed E-state index contributed by atoms with van der Waals surface area (Å²) in [6, 6.07) is 10.3. The Morgan fingerprint density at radius 3 is 2.55 bits per heavy atom. The maximum Gasteiger partial charge on any atom is 0.332 e. The number of benzene rings is 1. The number of esters is 1. The Kier molecular flexibility index (Phi) is 7.05. The van der Waals surface area contributed by atoms with Gasteiger partial charge in [0.1, 0.15) is 24.9 Å². The molecule has 1 amide bonds. The number of aromatic nitrogens is 8. The highest BCUT2D eigenvalue weighted by Crippen LogP contribution is 2.20. The van der Waals surface area contributed by atoms with Crippen LogP contribution in [-0.4, -0.2) is 50.5 Å². The monoisotopic (exact) mass is 543 g/mol. The maximum absolute atomic E-state index is 12.7. The van der Waals surface area contributed by atoms with Gasteiger partial charge in [0.05, 0.1) is 12.5 Å². The SMILES string of the molecule is CC(C(=O)OCc1cn(CC(=O)Nc2ccc(-c3cccnc3)cc2)nn1)n1cnc2c1c(=O)n(C)c(=O)n2C. The Labute approximate surface area is 226 Å². The van der Waals surface area contributed by atoms with Crippen molar-refractivity contribution in [3.8, 4) is 11.1 Å². The Morgan fingerprint density at radius 1 is 1.05 bits per heavy atom. The van der Waals surface area contributed by atoms with Crippen molar-refractivity contribution in [3.05, 3.63) is 87.8 Å². The Hall–Kier alpha value is -5.40. The van der Waals surface area contributed by atoms with E-state index >= 15 is 0 Å². The van der Waals surface area contributed by atoms with Crippen molar-refractivity contribution in [2.45, 2.75) is 26.1 Å². The van der Waals surface area contributed by atoms with E-state index in [0.717, 1.165) is 15.7 Å². The summed E-state index contributed by atoms with van der Waals surface area (Å²) in [4.78, 5) is 58.2. The number of pyridine rings is 1. The quantitative estimate of drug-likeness (QED) is 0.282. The molecule has 14 nitrogen and oxygen atoms in total. The number of hydrogen-bond donors (Lipinski definition) is 1. The second-order valence-electron chi connectivity index (χ2n) is 9.09. The van der Waals surface area contributed by atoms with Crippen molar-refractivity contribution in [1.29, 1.82) is 0 Å². The molecule has 5 rings (SSSR count). The lowest BCUT2D eigenvalue weighted by Crippen LogP contribution is -2.38. The van der Waals surface area contributed by atoms with Crippen molar-refractivity contribution in [2.75, 3.05) is 5.32 Å². The van der Waals surface area contributed by atoms with E-state index in [-0.39, 0.29) is 30.2 Å². The summed E-state index contributed by atoms with van der Waals surface area (Å²) in [6.07, 6.45) is 6.29. The van der Waals surface area contributed by atoms with Gasteiger partial charge in [-0.3, -0.25) is 23.7 Å². The van der Waals surface area contributed by atoms with Gasteiger partial charge >= 0.3 is 11.7 Å². The topological polar surface area (TPSA) is 161 Å². The van der Waals surface area contributed by atoms with E-state index in [9.17, 15) is 19.2 Å². The van der Waals surface area contributed by atoms with Gasteiger partial charge in [0.25, 0.3) is 5.56 Å². The lowest BCUT2D eigenvalue weighted by molar-refractivity contribution is -0.148. The van der Waals surface area contributed by atoms with Crippen LogP contribution in [0.3, 0.4) is 0 Å². The highest BCUT2D eigenvalue weighted by Gasteiger charge is 2.23. The number of aryl methyl sites for hydroxylation is 1. The molecule has 14 heteroatoms. The number of nitrogens with one attached hydrogen (secondary N) is 1. The Bertz CT molecular complexity index is 1820. The summed E-state index contributed by atoms with van der Waals surface area (Å²) in [5, 5.41) is 10.7. The molecule has 4 aromatic heterocycles. The van der Waals surface area contributed by atoms with Gasteiger partial charge in [-0.1, -0.05) is 23.4 Å². The molecule has 1 aromatic carbocycles. The fourth-order valence-electron chi connectivity index (χ4n) is 4.15. The van der Waals surface area contributed by atoms with E-state index in [1.54, 1.807) is 31.5 Å². The van der Waals surface area contributed by atoms with Gasteiger partial charge in [0.2, 0.25) is 5.91 Å². The highest BCUT2D eigenvalue weighted by atomic mass is 16.5. The molecule has 1 atom stereocenters. The van der Waals surface area contributed by atoms with Gasteiger partial charge in [0.15, 0.2) is 11.2 Å². The van der Waals surface area contributed by atoms with Crippen molar-refractivity contribution in [2.24, 2.45) is 14.1 Å². The molecule has 0 saturated heterocycles. The first-order valence-corrected chi connectivity index (χ1v) is 12.2. The second kappa shape index (κ2) is 10.8. The average molecular weight is 544 g/mol. The normalized spacial score (nSPS) is 11.9. The summed E-state index contributed by atoms with van der Waals surface area (Å²) in [5.41, 5.74) is 2.10. The number of nitrogens with zero attached hydrogens (tertiary/aromatic N) is 8. The molecule has 0 aliphatic rings. The standard InChI is InChI=1S/C26H25N9O5/c1-16(35-15-28-23-22(35)24(37)33(3)26(39)32(23)2)25(38)40-14-20-12-34(31-30-20)13-21(36)29-19-8-6-17(7-9-19)18-5-4-10-27-11-18/h4-12,15-16H,13-14H2,1-3H3,(H,29,36). The van der Waals surface area contributed by atoms with E-state index in [2.05, 4.69) is 25.6 Å². The van der Waals surface area contributed by atoms with E-state index < -0.39 is 23.3 Å². The zero-order valence-corrected chi connectivity index (χ0v) is 21.9. The maximum atomic E-state index is 12.7. The molecule has 4 heterocycles. The van der Waals surface area contributed by atoms with Crippen LogP contribution < -0.4 is 16.6 Å². The summed E-state index contributed by atoms with van der Waals surface area (Å²) in [6.45, 7) is 1.27. The molecule has 0 aliphatic carbocycles. The lowest BCUT2D eigenvalue weighted by atomic mass is 10.1. The van der Waals surface area contributed by atoms with Crippen LogP contribution in [0.4, 0.5) is 5.69 Å². The minimum absolute atomic E-state index is 0.0925. The third kappa shape index (κ3) is 5.14. The first kappa shape index (κ1) is 26.2. The number of fused-ring (bicyclic) bond motifs is 1. The van der Waals surface area contributed by atoms with Gasteiger partial charge < -0.3 is 14.6 Å². The molecule has 40 heavy (non-hydrogen) atoms. The number of rotatable bonds is 8. The van der Waals surface area contributed by atoms with Crippen LogP contribution in [0.5, 0.6) is 0 Å². The summed E-state index contributed by atoms with van der Waals surface area (Å²) >= 11 is 0. The zero-order valence-electron chi connectivity index (χ0n) is 21.9.